The highest BCUT2D eigenvalue weighted by molar-refractivity contribution is 5.82. The van der Waals surface area contributed by atoms with E-state index in [9.17, 15) is 9.59 Å². The van der Waals surface area contributed by atoms with Gasteiger partial charge in [-0.2, -0.15) is 0 Å². The summed E-state index contributed by atoms with van der Waals surface area (Å²) < 4.78 is 0. The summed E-state index contributed by atoms with van der Waals surface area (Å²) in [5.41, 5.74) is 0. The molecule has 0 aromatic carbocycles. The second-order valence-electron chi connectivity index (χ2n) is 2.39. The molecular weight excluding hydrogens is 158 g/mol. The third-order valence-electron chi connectivity index (χ3n) is 1.47. The van der Waals surface area contributed by atoms with Crippen LogP contribution in [0.5, 0.6) is 0 Å². The molecule has 0 bridgehead atoms. The Morgan fingerprint density at radius 1 is 1.33 bits per heavy atom. The van der Waals surface area contributed by atoms with Crippen molar-refractivity contribution in [1.29, 1.82) is 0 Å². The molecule has 70 valence electrons. The van der Waals surface area contributed by atoms with Crippen LogP contribution in [-0.4, -0.2) is 38.5 Å². The van der Waals surface area contributed by atoms with Crippen LogP contribution < -0.4 is 16.0 Å². The molecule has 0 heterocycles. The molecule has 0 fully saturated rings. The van der Waals surface area contributed by atoms with E-state index in [4.69, 9.17) is 0 Å². The molecule has 0 aliphatic carbocycles. The predicted molar refractivity (Wildman–Crippen MR) is 45.6 cm³/mol. The first-order valence-corrected chi connectivity index (χ1v) is 3.75. The second-order valence-corrected chi connectivity index (χ2v) is 2.39. The molecule has 1 atom stereocenters. The molecule has 12 heavy (non-hydrogen) atoms. The first-order valence-electron chi connectivity index (χ1n) is 3.75. The van der Waals surface area contributed by atoms with Crippen LogP contribution in [0, 0.1) is 0 Å². The minimum Gasteiger partial charge on any atom is -0.358 e. The Labute approximate surface area is 71.9 Å². The third-order valence-corrected chi connectivity index (χ3v) is 1.47. The fourth-order valence-electron chi connectivity index (χ4n) is 0.746. The minimum atomic E-state index is -0.362. The lowest BCUT2D eigenvalue weighted by atomic mass is 10.3. The van der Waals surface area contributed by atoms with Crippen molar-refractivity contribution in [3.8, 4) is 0 Å². The Balaban J connectivity index is 3.83. The van der Waals surface area contributed by atoms with Gasteiger partial charge in [0.1, 0.15) is 6.04 Å². The first kappa shape index (κ1) is 10.9. The number of nitrogens with one attached hydrogen (secondary N) is 3. The number of amides is 2. The molecule has 0 radical (unpaired) electrons. The van der Waals surface area contributed by atoms with E-state index in [2.05, 4.69) is 16.0 Å². The van der Waals surface area contributed by atoms with Crippen LogP contribution in [0.25, 0.3) is 0 Å². The molecule has 0 saturated heterocycles. The zero-order valence-electron chi connectivity index (χ0n) is 7.60. The van der Waals surface area contributed by atoms with Crippen molar-refractivity contribution in [2.24, 2.45) is 0 Å². The maximum absolute atomic E-state index is 11.0. The number of hydrogen-bond donors (Lipinski definition) is 3. The third kappa shape index (κ3) is 3.92. The monoisotopic (exact) mass is 173 g/mol. The van der Waals surface area contributed by atoms with Gasteiger partial charge in [0.05, 0.1) is 0 Å². The van der Waals surface area contributed by atoms with Gasteiger partial charge in [0.25, 0.3) is 0 Å². The molecule has 2 amide bonds. The lowest BCUT2D eigenvalue weighted by Gasteiger charge is -2.13. The molecule has 1 unspecified atom stereocenters. The second kappa shape index (κ2) is 5.54. The van der Waals surface area contributed by atoms with Gasteiger partial charge < -0.3 is 16.0 Å². The fourth-order valence-corrected chi connectivity index (χ4v) is 0.746. The highest BCUT2D eigenvalue weighted by Crippen LogP contribution is 1.79. The summed E-state index contributed by atoms with van der Waals surface area (Å²) in [6.07, 6.45) is 0. The van der Waals surface area contributed by atoms with Gasteiger partial charge in [0, 0.05) is 20.5 Å². The van der Waals surface area contributed by atoms with Crippen molar-refractivity contribution in [2.45, 2.75) is 13.0 Å². The molecule has 5 heteroatoms. The quantitative estimate of drug-likeness (QED) is 0.482. The van der Waals surface area contributed by atoms with Crippen molar-refractivity contribution < 1.29 is 9.59 Å². The van der Waals surface area contributed by atoms with Gasteiger partial charge in [0.15, 0.2) is 0 Å². The predicted octanol–water partition coefficient (Wildman–Crippen LogP) is -1.54. The smallest absolute Gasteiger partial charge is 0.238 e. The van der Waals surface area contributed by atoms with Crippen molar-refractivity contribution in [3.63, 3.8) is 0 Å². The molecule has 0 aromatic rings. The average Bonchev–Trinajstić information content (AvgIpc) is 2.04. The van der Waals surface area contributed by atoms with E-state index in [1.807, 2.05) is 0 Å². The van der Waals surface area contributed by atoms with Crippen LogP contribution in [0.4, 0.5) is 0 Å². The molecule has 0 saturated carbocycles. The minimum absolute atomic E-state index is 0.133. The molecule has 5 nitrogen and oxygen atoms in total. The molecular formula is C7H15N3O2. The summed E-state index contributed by atoms with van der Waals surface area (Å²) >= 11 is 0. The van der Waals surface area contributed by atoms with Crippen LogP contribution in [-0.2, 0) is 9.59 Å². The summed E-state index contributed by atoms with van der Waals surface area (Å²) in [4.78, 5) is 21.5. The lowest BCUT2D eigenvalue weighted by Crippen LogP contribution is -2.48. The highest BCUT2D eigenvalue weighted by Gasteiger charge is 2.13. The van der Waals surface area contributed by atoms with Gasteiger partial charge in [-0.1, -0.05) is 0 Å². The average molecular weight is 173 g/mol. The molecule has 0 aliphatic heterocycles. The maximum Gasteiger partial charge on any atom is 0.238 e. The topological polar surface area (TPSA) is 70.2 Å². The van der Waals surface area contributed by atoms with Gasteiger partial charge in [-0.05, 0) is 7.05 Å². The summed E-state index contributed by atoms with van der Waals surface area (Å²) in [7, 11) is 3.22. The van der Waals surface area contributed by atoms with Crippen LogP contribution in [0.2, 0.25) is 0 Å². The Morgan fingerprint density at radius 3 is 2.25 bits per heavy atom. The zero-order chi connectivity index (χ0) is 9.56. The van der Waals surface area contributed by atoms with E-state index in [1.54, 1.807) is 14.1 Å². The van der Waals surface area contributed by atoms with E-state index < -0.39 is 0 Å². The van der Waals surface area contributed by atoms with Gasteiger partial charge in [-0.25, -0.2) is 0 Å². The van der Waals surface area contributed by atoms with Crippen molar-refractivity contribution >= 4 is 11.8 Å². The number of hydrogen-bond acceptors (Lipinski definition) is 3. The lowest BCUT2D eigenvalue weighted by molar-refractivity contribution is -0.123. The molecule has 3 N–H and O–H groups in total. The molecule has 0 rings (SSSR count). The Bertz CT molecular complexity index is 170. The van der Waals surface area contributed by atoms with E-state index in [0.717, 1.165) is 0 Å². The Kier molecular flexibility index (Phi) is 5.03. The van der Waals surface area contributed by atoms with Crippen LogP contribution in [0.15, 0.2) is 0 Å². The first-order chi connectivity index (χ1) is 5.61. The summed E-state index contributed by atoms with van der Waals surface area (Å²) in [6.45, 7) is 1.72. The van der Waals surface area contributed by atoms with E-state index in [-0.39, 0.29) is 17.9 Å². The van der Waals surface area contributed by atoms with Crippen LogP contribution >= 0.6 is 0 Å². The van der Waals surface area contributed by atoms with E-state index in [1.165, 1.54) is 6.92 Å². The molecule has 0 aromatic heterocycles. The maximum atomic E-state index is 11.0. The van der Waals surface area contributed by atoms with Gasteiger partial charge in [-0.3, -0.25) is 9.59 Å². The van der Waals surface area contributed by atoms with Crippen molar-refractivity contribution in [2.75, 3.05) is 20.6 Å². The number of carbonyl (C=O) groups is 2. The summed E-state index contributed by atoms with van der Waals surface area (Å²) in [6, 6.07) is -0.362. The van der Waals surface area contributed by atoms with Gasteiger partial charge >= 0.3 is 0 Å². The normalized spacial score (nSPS) is 11.9. The Hall–Kier alpha value is -1.10. The largest absolute Gasteiger partial charge is 0.358 e. The van der Waals surface area contributed by atoms with Crippen LogP contribution in [0.1, 0.15) is 6.92 Å². The summed E-state index contributed by atoms with van der Waals surface area (Å²) in [5, 5.41) is 7.82. The van der Waals surface area contributed by atoms with Gasteiger partial charge in [0.2, 0.25) is 11.8 Å². The highest BCUT2D eigenvalue weighted by atomic mass is 16.2. The van der Waals surface area contributed by atoms with E-state index >= 15 is 0 Å². The zero-order valence-corrected chi connectivity index (χ0v) is 7.60. The SMILES string of the molecule is CNC(=O)C(CNC(C)=O)NC. The van der Waals surface area contributed by atoms with Crippen LogP contribution in [0.3, 0.4) is 0 Å². The number of carbonyl (C=O) groups excluding carboxylic acids is 2. The standard InChI is InChI=1S/C7H15N3O2/c1-5(11)10-4-6(8-2)7(12)9-3/h6,8H,4H2,1-3H3,(H,9,12)(H,10,11). The van der Waals surface area contributed by atoms with E-state index in [0.29, 0.717) is 6.54 Å². The fraction of sp³-hybridized carbons (Fsp3) is 0.714. The molecule has 0 spiro atoms. The van der Waals surface area contributed by atoms with Crippen molar-refractivity contribution in [1.82, 2.24) is 16.0 Å². The van der Waals surface area contributed by atoms with Gasteiger partial charge in [-0.15, -0.1) is 0 Å². The summed E-state index contributed by atoms with van der Waals surface area (Å²) in [5.74, 6) is -0.273. The van der Waals surface area contributed by atoms with Crippen molar-refractivity contribution in [3.05, 3.63) is 0 Å². The Morgan fingerprint density at radius 2 is 1.92 bits per heavy atom. The number of rotatable bonds is 4. The number of likely N-dealkylation sites (N-methyl/N-ethyl adjacent to an activating group) is 2. The molecule has 0 aliphatic rings.